The number of carboxylic acid groups (broad SMARTS) is 1. The van der Waals surface area contributed by atoms with Crippen LogP contribution in [0.5, 0.6) is 0 Å². The van der Waals surface area contributed by atoms with Crippen molar-refractivity contribution >= 4 is 29.7 Å². The quantitative estimate of drug-likeness (QED) is 0.449. The minimum Gasteiger partial charge on any atom is -0.478 e. The number of carbonyl (C=O) groups excluding carboxylic acids is 2. The predicted molar refractivity (Wildman–Crippen MR) is 129 cm³/mol. The van der Waals surface area contributed by atoms with Crippen molar-refractivity contribution < 1.29 is 24.2 Å². The standard InChI is InChI=1S/C27H24N2O5/c1-17(26(32)29-19-13-10-18(11-14-19)12-15-25(30)31)28-27(33)34-16-24-22-8-4-2-6-20(22)21-7-3-5-9-23(21)24/h2-15,17,24H,16H2,1H3,(H,28,33)(H,29,32)(H,30,31)/b15-12+/t17-/m0/s1. The van der Waals surface area contributed by atoms with Crippen LogP contribution in [0.3, 0.4) is 0 Å². The van der Waals surface area contributed by atoms with Crippen molar-refractivity contribution in [3.8, 4) is 11.1 Å². The topological polar surface area (TPSA) is 105 Å². The van der Waals surface area contributed by atoms with Gasteiger partial charge in [-0.1, -0.05) is 60.7 Å². The SMILES string of the molecule is C[C@H](NC(=O)OCC1c2ccccc2-c2ccccc21)C(=O)Nc1ccc(/C=C/C(=O)O)cc1. The molecular formula is C27H24N2O5. The van der Waals surface area contributed by atoms with Crippen molar-refractivity contribution in [2.75, 3.05) is 11.9 Å². The molecule has 3 N–H and O–H groups in total. The molecule has 2 amide bonds. The Balaban J connectivity index is 1.31. The van der Waals surface area contributed by atoms with Gasteiger partial charge in [-0.3, -0.25) is 4.79 Å². The maximum absolute atomic E-state index is 12.5. The van der Waals surface area contributed by atoms with Crippen LogP contribution in [0.15, 0.2) is 78.9 Å². The molecule has 172 valence electrons. The zero-order chi connectivity index (χ0) is 24.1. The molecule has 0 aromatic heterocycles. The van der Waals surface area contributed by atoms with Crippen molar-refractivity contribution in [1.82, 2.24) is 5.32 Å². The number of aliphatic carboxylic acids is 1. The summed E-state index contributed by atoms with van der Waals surface area (Å²) < 4.78 is 5.49. The van der Waals surface area contributed by atoms with Crippen molar-refractivity contribution in [2.45, 2.75) is 18.9 Å². The van der Waals surface area contributed by atoms with E-state index in [1.54, 1.807) is 31.2 Å². The third-order valence-electron chi connectivity index (χ3n) is 5.67. The van der Waals surface area contributed by atoms with E-state index in [4.69, 9.17) is 9.84 Å². The van der Waals surface area contributed by atoms with Crippen molar-refractivity contribution in [2.24, 2.45) is 0 Å². The minimum atomic E-state index is -1.04. The molecule has 0 aliphatic heterocycles. The number of anilines is 1. The molecule has 0 heterocycles. The number of carbonyl (C=O) groups is 3. The third-order valence-corrected chi connectivity index (χ3v) is 5.67. The van der Waals surface area contributed by atoms with Gasteiger partial charge in [-0.2, -0.15) is 0 Å². The summed E-state index contributed by atoms with van der Waals surface area (Å²) in [6, 6.07) is 22.0. The van der Waals surface area contributed by atoms with Crippen molar-refractivity contribution in [3.63, 3.8) is 0 Å². The molecule has 0 fully saturated rings. The lowest BCUT2D eigenvalue weighted by molar-refractivity contribution is -0.131. The number of hydrogen-bond acceptors (Lipinski definition) is 4. The van der Waals surface area contributed by atoms with Gasteiger partial charge in [-0.15, -0.1) is 0 Å². The van der Waals surface area contributed by atoms with E-state index in [0.29, 0.717) is 11.3 Å². The number of ether oxygens (including phenoxy) is 1. The van der Waals surface area contributed by atoms with Crippen LogP contribution in [-0.2, 0) is 14.3 Å². The molecule has 3 aromatic rings. The first kappa shape index (κ1) is 22.8. The molecule has 7 nitrogen and oxygen atoms in total. The Morgan fingerprint density at radius 2 is 1.53 bits per heavy atom. The molecule has 0 saturated heterocycles. The molecule has 0 bridgehead atoms. The Kier molecular flexibility index (Phi) is 6.73. The van der Waals surface area contributed by atoms with Gasteiger partial charge >= 0.3 is 12.1 Å². The van der Waals surface area contributed by atoms with Crippen LogP contribution in [0.4, 0.5) is 10.5 Å². The molecule has 1 aliphatic rings. The number of rotatable bonds is 7. The van der Waals surface area contributed by atoms with Gasteiger partial charge < -0.3 is 20.5 Å². The molecule has 0 saturated carbocycles. The first-order valence-corrected chi connectivity index (χ1v) is 10.9. The summed E-state index contributed by atoms with van der Waals surface area (Å²) >= 11 is 0. The molecule has 0 spiro atoms. The van der Waals surface area contributed by atoms with Crippen molar-refractivity contribution in [3.05, 3.63) is 95.6 Å². The van der Waals surface area contributed by atoms with E-state index in [-0.39, 0.29) is 12.5 Å². The van der Waals surface area contributed by atoms with Gasteiger partial charge in [0.1, 0.15) is 12.6 Å². The molecule has 1 atom stereocenters. The monoisotopic (exact) mass is 456 g/mol. The summed E-state index contributed by atoms with van der Waals surface area (Å²) in [4.78, 5) is 35.4. The van der Waals surface area contributed by atoms with Gasteiger partial charge in [0.2, 0.25) is 5.91 Å². The van der Waals surface area contributed by atoms with E-state index in [9.17, 15) is 14.4 Å². The summed E-state index contributed by atoms with van der Waals surface area (Å²) in [5, 5.41) is 14.0. The fourth-order valence-electron chi connectivity index (χ4n) is 3.98. The molecule has 0 unspecified atom stereocenters. The van der Waals surface area contributed by atoms with Crippen LogP contribution in [0, 0.1) is 0 Å². The summed E-state index contributed by atoms with van der Waals surface area (Å²) in [6.45, 7) is 1.74. The number of nitrogens with one attached hydrogen (secondary N) is 2. The number of hydrogen-bond donors (Lipinski definition) is 3. The van der Waals surface area contributed by atoms with E-state index in [1.807, 2.05) is 36.4 Å². The Morgan fingerprint density at radius 3 is 2.12 bits per heavy atom. The second-order valence-corrected chi connectivity index (χ2v) is 7.97. The number of benzene rings is 3. The maximum atomic E-state index is 12.5. The van der Waals surface area contributed by atoms with Crippen LogP contribution in [0.1, 0.15) is 29.5 Å². The third kappa shape index (κ3) is 5.15. The summed E-state index contributed by atoms with van der Waals surface area (Å²) in [7, 11) is 0. The first-order valence-electron chi connectivity index (χ1n) is 10.9. The molecule has 0 radical (unpaired) electrons. The van der Waals surface area contributed by atoms with Crippen LogP contribution in [0.25, 0.3) is 17.2 Å². The molecule has 7 heteroatoms. The van der Waals surface area contributed by atoms with Crippen LogP contribution < -0.4 is 10.6 Å². The number of carboxylic acids is 1. The molecule has 3 aromatic carbocycles. The van der Waals surface area contributed by atoms with Gasteiger partial charge in [-0.05, 0) is 52.9 Å². The Morgan fingerprint density at radius 1 is 0.941 bits per heavy atom. The first-order chi connectivity index (χ1) is 16.4. The predicted octanol–water partition coefficient (Wildman–Crippen LogP) is 4.65. The molecule has 4 rings (SSSR count). The fraction of sp³-hybridized carbons (Fsp3) is 0.148. The number of alkyl carbamates (subject to hydrolysis) is 1. The molecule has 34 heavy (non-hydrogen) atoms. The lowest BCUT2D eigenvalue weighted by Gasteiger charge is -2.17. The van der Waals surface area contributed by atoms with E-state index in [0.717, 1.165) is 28.3 Å². The van der Waals surface area contributed by atoms with E-state index in [1.165, 1.54) is 6.08 Å². The highest BCUT2D eigenvalue weighted by Crippen LogP contribution is 2.44. The zero-order valence-corrected chi connectivity index (χ0v) is 18.5. The highest BCUT2D eigenvalue weighted by atomic mass is 16.5. The smallest absolute Gasteiger partial charge is 0.407 e. The Bertz CT molecular complexity index is 1200. The minimum absolute atomic E-state index is 0.0593. The highest BCUT2D eigenvalue weighted by Gasteiger charge is 2.29. The van der Waals surface area contributed by atoms with Crippen LogP contribution >= 0.6 is 0 Å². The highest BCUT2D eigenvalue weighted by molar-refractivity contribution is 5.96. The van der Waals surface area contributed by atoms with E-state index >= 15 is 0 Å². The molecule has 1 aliphatic carbocycles. The van der Waals surface area contributed by atoms with Gasteiger partial charge in [0.05, 0.1) is 0 Å². The summed E-state index contributed by atoms with van der Waals surface area (Å²) in [5.74, 6) is -1.50. The Hall–Kier alpha value is -4.39. The molecular weight excluding hydrogens is 432 g/mol. The van der Waals surface area contributed by atoms with Gasteiger partial charge in [0.15, 0.2) is 0 Å². The normalized spacial score (nSPS) is 13.1. The van der Waals surface area contributed by atoms with E-state index < -0.39 is 24.0 Å². The maximum Gasteiger partial charge on any atom is 0.407 e. The summed E-state index contributed by atoms with van der Waals surface area (Å²) in [5.41, 5.74) is 5.73. The van der Waals surface area contributed by atoms with Crippen LogP contribution in [0.2, 0.25) is 0 Å². The summed E-state index contributed by atoms with van der Waals surface area (Å²) in [6.07, 6.45) is 1.82. The second-order valence-electron chi connectivity index (χ2n) is 7.97. The number of amides is 2. The zero-order valence-electron chi connectivity index (χ0n) is 18.5. The average Bonchev–Trinajstić information content (AvgIpc) is 3.16. The van der Waals surface area contributed by atoms with Crippen molar-refractivity contribution in [1.29, 1.82) is 0 Å². The van der Waals surface area contributed by atoms with E-state index in [2.05, 4.69) is 22.8 Å². The van der Waals surface area contributed by atoms with Crippen LogP contribution in [-0.4, -0.2) is 35.7 Å². The fourth-order valence-corrected chi connectivity index (χ4v) is 3.98. The average molecular weight is 456 g/mol. The lowest BCUT2D eigenvalue weighted by atomic mass is 9.98. The lowest BCUT2D eigenvalue weighted by Crippen LogP contribution is -2.42. The number of fused-ring (bicyclic) bond motifs is 3. The van der Waals surface area contributed by atoms with Gasteiger partial charge in [0.25, 0.3) is 0 Å². The van der Waals surface area contributed by atoms with Gasteiger partial charge in [0, 0.05) is 17.7 Å². The largest absolute Gasteiger partial charge is 0.478 e. The van der Waals surface area contributed by atoms with Gasteiger partial charge in [-0.25, -0.2) is 9.59 Å². The Labute approximate surface area is 197 Å². The second kappa shape index (κ2) is 10.0.